The molecule has 1 heterocycles. The first kappa shape index (κ1) is 14.7. The van der Waals surface area contributed by atoms with Gasteiger partial charge in [-0.05, 0) is 30.5 Å². The summed E-state index contributed by atoms with van der Waals surface area (Å²) in [5.41, 5.74) is 6.30. The van der Waals surface area contributed by atoms with Crippen molar-refractivity contribution in [1.29, 1.82) is 0 Å². The van der Waals surface area contributed by atoms with E-state index < -0.39 is 6.61 Å². The number of halogens is 2. The van der Waals surface area contributed by atoms with Gasteiger partial charge in [-0.3, -0.25) is 4.79 Å². The molecule has 0 aromatic heterocycles. The Bertz CT molecular complexity index is 468. The number of rotatable bonds is 5. The summed E-state index contributed by atoms with van der Waals surface area (Å²) in [5, 5.41) is 0. The number of likely N-dealkylation sites (tertiary alicyclic amines) is 1. The van der Waals surface area contributed by atoms with Crippen LogP contribution in [0.3, 0.4) is 0 Å². The first-order valence-electron chi connectivity index (χ1n) is 6.63. The van der Waals surface area contributed by atoms with Crippen molar-refractivity contribution < 1.29 is 18.3 Å². The quantitative estimate of drug-likeness (QED) is 0.896. The van der Waals surface area contributed by atoms with Crippen LogP contribution in [-0.2, 0) is 11.2 Å². The van der Waals surface area contributed by atoms with E-state index in [1.807, 2.05) is 0 Å². The smallest absolute Gasteiger partial charge is 0.387 e. The fraction of sp³-hybridized carbons (Fsp3) is 0.500. The normalized spacial score (nSPS) is 18.6. The zero-order valence-electron chi connectivity index (χ0n) is 11.1. The molecule has 1 fully saturated rings. The second-order valence-corrected chi connectivity index (χ2v) is 4.82. The Morgan fingerprint density at radius 3 is 3.00 bits per heavy atom. The maximum absolute atomic E-state index is 12.2. The van der Waals surface area contributed by atoms with Gasteiger partial charge in [-0.1, -0.05) is 12.1 Å². The molecule has 0 spiro atoms. The molecule has 1 aromatic rings. The van der Waals surface area contributed by atoms with Crippen LogP contribution >= 0.6 is 0 Å². The number of amides is 1. The molecule has 1 aliphatic heterocycles. The van der Waals surface area contributed by atoms with Crippen LogP contribution in [0.15, 0.2) is 24.3 Å². The van der Waals surface area contributed by atoms with E-state index in [2.05, 4.69) is 4.74 Å². The summed E-state index contributed by atoms with van der Waals surface area (Å²) in [6, 6.07) is 6.34. The molecule has 6 heteroatoms. The molecule has 20 heavy (non-hydrogen) atoms. The highest BCUT2D eigenvalue weighted by molar-refractivity contribution is 5.79. The number of alkyl halides is 2. The molecule has 1 aliphatic rings. The highest BCUT2D eigenvalue weighted by Gasteiger charge is 2.27. The van der Waals surface area contributed by atoms with E-state index in [0.29, 0.717) is 18.7 Å². The molecule has 0 saturated carbocycles. The lowest BCUT2D eigenvalue weighted by Crippen LogP contribution is -2.40. The lowest BCUT2D eigenvalue weighted by Gasteiger charge is -2.23. The van der Waals surface area contributed by atoms with Gasteiger partial charge in [0.25, 0.3) is 0 Å². The molecule has 110 valence electrons. The molecule has 4 nitrogen and oxygen atoms in total. The molecule has 1 atom stereocenters. The highest BCUT2D eigenvalue weighted by Crippen LogP contribution is 2.20. The third-order valence-electron chi connectivity index (χ3n) is 3.45. The van der Waals surface area contributed by atoms with E-state index in [0.717, 1.165) is 12.8 Å². The minimum Gasteiger partial charge on any atom is -0.435 e. The van der Waals surface area contributed by atoms with Crippen LogP contribution in [0.5, 0.6) is 5.75 Å². The summed E-state index contributed by atoms with van der Waals surface area (Å²) in [7, 11) is 0. The number of carbonyl (C=O) groups is 1. The summed E-state index contributed by atoms with van der Waals surface area (Å²) in [4.78, 5) is 14.0. The Morgan fingerprint density at radius 2 is 2.30 bits per heavy atom. The molecule has 1 amide bonds. The van der Waals surface area contributed by atoms with E-state index >= 15 is 0 Å². The van der Waals surface area contributed by atoms with Crippen molar-refractivity contribution >= 4 is 5.91 Å². The van der Waals surface area contributed by atoms with Crippen molar-refractivity contribution in [3.8, 4) is 5.75 Å². The summed E-state index contributed by atoms with van der Waals surface area (Å²) in [6.45, 7) is -1.69. The Balaban J connectivity index is 2.00. The van der Waals surface area contributed by atoms with Crippen molar-refractivity contribution in [3.05, 3.63) is 29.8 Å². The van der Waals surface area contributed by atoms with Gasteiger partial charge in [0.2, 0.25) is 5.91 Å². The number of ether oxygens (including phenoxy) is 1. The molecule has 0 aliphatic carbocycles. The molecule has 1 aromatic carbocycles. The van der Waals surface area contributed by atoms with Gasteiger partial charge in [-0.2, -0.15) is 8.78 Å². The van der Waals surface area contributed by atoms with Crippen molar-refractivity contribution in [3.63, 3.8) is 0 Å². The van der Waals surface area contributed by atoms with Gasteiger partial charge in [0.05, 0.1) is 6.42 Å². The summed E-state index contributed by atoms with van der Waals surface area (Å²) >= 11 is 0. The average Bonchev–Trinajstić information content (AvgIpc) is 2.86. The number of benzene rings is 1. The van der Waals surface area contributed by atoms with Gasteiger partial charge in [-0.25, -0.2) is 0 Å². The van der Waals surface area contributed by atoms with Gasteiger partial charge in [0, 0.05) is 19.1 Å². The summed E-state index contributed by atoms with van der Waals surface area (Å²) < 4.78 is 28.6. The van der Waals surface area contributed by atoms with Gasteiger partial charge < -0.3 is 15.4 Å². The Labute approximate surface area is 116 Å². The monoisotopic (exact) mass is 284 g/mol. The minimum absolute atomic E-state index is 0.0212. The lowest BCUT2D eigenvalue weighted by atomic mass is 10.1. The van der Waals surface area contributed by atoms with Gasteiger partial charge in [0.15, 0.2) is 0 Å². The van der Waals surface area contributed by atoms with Crippen molar-refractivity contribution in [1.82, 2.24) is 4.90 Å². The first-order chi connectivity index (χ1) is 9.60. The van der Waals surface area contributed by atoms with E-state index in [1.54, 1.807) is 17.0 Å². The van der Waals surface area contributed by atoms with Gasteiger partial charge in [0.1, 0.15) is 5.75 Å². The molecule has 0 bridgehead atoms. The maximum Gasteiger partial charge on any atom is 0.387 e. The Kier molecular flexibility index (Phi) is 4.89. The molecule has 2 N–H and O–H groups in total. The fourth-order valence-electron chi connectivity index (χ4n) is 2.52. The summed E-state index contributed by atoms with van der Waals surface area (Å²) in [6.07, 6.45) is 2.07. The number of carbonyl (C=O) groups excluding carboxylic acids is 1. The molecular weight excluding hydrogens is 266 g/mol. The molecular formula is C14H18F2N2O2. The molecule has 1 saturated heterocycles. The maximum atomic E-state index is 12.2. The highest BCUT2D eigenvalue weighted by atomic mass is 19.3. The lowest BCUT2D eigenvalue weighted by molar-refractivity contribution is -0.131. The van der Waals surface area contributed by atoms with Gasteiger partial charge in [-0.15, -0.1) is 0 Å². The average molecular weight is 284 g/mol. The zero-order chi connectivity index (χ0) is 14.5. The number of nitrogens with two attached hydrogens (primary N) is 1. The molecule has 1 unspecified atom stereocenters. The predicted molar refractivity (Wildman–Crippen MR) is 70.6 cm³/mol. The van der Waals surface area contributed by atoms with E-state index in [9.17, 15) is 13.6 Å². The van der Waals surface area contributed by atoms with Crippen LogP contribution in [0.2, 0.25) is 0 Å². The molecule has 2 rings (SSSR count). The predicted octanol–water partition coefficient (Wildman–Crippen LogP) is 1.78. The largest absolute Gasteiger partial charge is 0.435 e. The van der Waals surface area contributed by atoms with E-state index in [1.165, 1.54) is 12.1 Å². The Hall–Kier alpha value is -1.69. The second kappa shape index (κ2) is 6.65. The van der Waals surface area contributed by atoms with Crippen molar-refractivity contribution in [2.24, 2.45) is 5.73 Å². The summed E-state index contributed by atoms with van der Waals surface area (Å²) in [5.74, 6) is 0.0502. The SMILES string of the molecule is NCC1CCCN1C(=O)Cc1cccc(OC(F)F)c1. The minimum atomic E-state index is -2.86. The van der Waals surface area contributed by atoms with Crippen LogP contribution < -0.4 is 10.5 Å². The van der Waals surface area contributed by atoms with Crippen molar-refractivity contribution in [2.45, 2.75) is 31.9 Å². The fourth-order valence-corrected chi connectivity index (χ4v) is 2.52. The van der Waals surface area contributed by atoms with Crippen LogP contribution in [0.1, 0.15) is 18.4 Å². The first-order valence-corrected chi connectivity index (χ1v) is 6.63. The third-order valence-corrected chi connectivity index (χ3v) is 3.45. The standard InChI is InChI=1S/C14H18F2N2O2/c15-14(16)20-12-5-1-3-10(7-12)8-13(19)18-6-2-4-11(18)9-17/h1,3,5,7,11,14H,2,4,6,8-9,17H2. The van der Waals surface area contributed by atoms with Gasteiger partial charge >= 0.3 is 6.61 Å². The number of nitrogens with zero attached hydrogens (tertiary/aromatic N) is 1. The molecule has 0 radical (unpaired) electrons. The van der Waals surface area contributed by atoms with Crippen LogP contribution in [0.4, 0.5) is 8.78 Å². The zero-order valence-corrected chi connectivity index (χ0v) is 11.1. The van der Waals surface area contributed by atoms with E-state index in [4.69, 9.17) is 5.73 Å². The van der Waals surface area contributed by atoms with E-state index in [-0.39, 0.29) is 24.1 Å². The number of hydrogen-bond acceptors (Lipinski definition) is 3. The topological polar surface area (TPSA) is 55.6 Å². The van der Waals surface area contributed by atoms with Crippen molar-refractivity contribution in [2.75, 3.05) is 13.1 Å². The second-order valence-electron chi connectivity index (χ2n) is 4.82. The van der Waals surface area contributed by atoms with Crippen LogP contribution in [0, 0.1) is 0 Å². The Morgan fingerprint density at radius 1 is 1.50 bits per heavy atom. The van der Waals surface area contributed by atoms with Crippen LogP contribution in [-0.4, -0.2) is 36.5 Å². The van der Waals surface area contributed by atoms with Crippen LogP contribution in [0.25, 0.3) is 0 Å². The third kappa shape index (κ3) is 3.66. The number of hydrogen-bond donors (Lipinski definition) is 1.